The number of benzene rings is 2. The van der Waals surface area contributed by atoms with Crippen molar-refractivity contribution >= 4 is 40.4 Å². The van der Waals surface area contributed by atoms with Gasteiger partial charge in [0.25, 0.3) is 5.91 Å². The molecule has 3 heterocycles. The van der Waals surface area contributed by atoms with E-state index in [1.165, 1.54) is 16.9 Å². The fourth-order valence-electron chi connectivity index (χ4n) is 4.03. The van der Waals surface area contributed by atoms with Crippen LogP contribution in [0, 0.1) is 0 Å². The first-order valence-corrected chi connectivity index (χ1v) is 12.6. The number of alkyl halides is 3. The van der Waals surface area contributed by atoms with Crippen molar-refractivity contribution in [2.45, 2.75) is 32.5 Å². The SMILES string of the molecule is CC(C)c1ccc(-c2cc(C(F)(F)F)n3nc(C(=O)Nc4cnn(Cc5c(Cl)cccc5Cl)c4)cc3n2)cc1. The van der Waals surface area contributed by atoms with Crippen molar-refractivity contribution in [2.24, 2.45) is 0 Å². The summed E-state index contributed by atoms with van der Waals surface area (Å²) in [5.74, 6) is -0.441. The normalized spacial score (nSPS) is 11.9. The maximum atomic E-state index is 14.0. The number of amides is 1. The lowest BCUT2D eigenvalue weighted by molar-refractivity contribution is -0.142. The molecule has 0 saturated heterocycles. The van der Waals surface area contributed by atoms with Gasteiger partial charge in [0.05, 0.1) is 24.1 Å². The first-order valence-electron chi connectivity index (χ1n) is 11.8. The van der Waals surface area contributed by atoms with E-state index in [2.05, 4.69) is 20.5 Å². The third kappa shape index (κ3) is 5.62. The monoisotopic (exact) mass is 572 g/mol. The van der Waals surface area contributed by atoms with Crippen LogP contribution in [0.2, 0.25) is 10.0 Å². The van der Waals surface area contributed by atoms with Crippen LogP contribution in [0.15, 0.2) is 67.0 Å². The standard InChI is InChI=1S/C27H21Cl2F3N6O/c1-15(2)16-6-8-17(9-7-16)22-10-24(27(30,31)32)38-25(35-22)11-23(36-38)26(39)34-18-12-33-37(13-18)14-19-20(28)4-3-5-21(19)29/h3-13,15H,14H2,1-2H3,(H,34,39). The first kappa shape index (κ1) is 26.7. The summed E-state index contributed by atoms with van der Waals surface area (Å²) in [6.07, 6.45) is -1.78. The Kier molecular flexibility index (Phi) is 7.09. The fourth-order valence-corrected chi connectivity index (χ4v) is 4.55. The van der Waals surface area contributed by atoms with E-state index in [9.17, 15) is 18.0 Å². The summed E-state index contributed by atoms with van der Waals surface area (Å²) >= 11 is 12.4. The van der Waals surface area contributed by atoms with E-state index >= 15 is 0 Å². The van der Waals surface area contributed by atoms with Crippen molar-refractivity contribution in [1.82, 2.24) is 24.4 Å². The van der Waals surface area contributed by atoms with Gasteiger partial charge >= 0.3 is 6.18 Å². The molecule has 1 amide bonds. The number of rotatable bonds is 6. The highest BCUT2D eigenvalue weighted by Crippen LogP contribution is 2.33. The van der Waals surface area contributed by atoms with Crippen LogP contribution in [0.25, 0.3) is 16.9 Å². The second kappa shape index (κ2) is 10.3. The average molecular weight is 573 g/mol. The molecule has 5 rings (SSSR count). The highest BCUT2D eigenvalue weighted by Gasteiger charge is 2.35. The van der Waals surface area contributed by atoms with Crippen molar-refractivity contribution < 1.29 is 18.0 Å². The molecule has 0 atom stereocenters. The minimum Gasteiger partial charge on any atom is -0.318 e. The van der Waals surface area contributed by atoms with Crippen LogP contribution >= 0.6 is 23.2 Å². The largest absolute Gasteiger partial charge is 0.433 e. The molecule has 39 heavy (non-hydrogen) atoms. The van der Waals surface area contributed by atoms with Crippen LogP contribution in [-0.4, -0.2) is 30.3 Å². The van der Waals surface area contributed by atoms with Gasteiger partial charge in [-0.25, -0.2) is 9.50 Å². The molecule has 0 spiro atoms. The molecule has 1 N–H and O–H groups in total. The summed E-state index contributed by atoms with van der Waals surface area (Å²) in [5.41, 5.74) is 1.28. The van der Waals surface area contributed by atoms with E-state index in [0.29, 0.717) is 31.4 Å². The van der Waals surface area contributed by atoms with E-state index in [1.54, 1.807) is 36.5 Å². The van der Waals surface area contributed by atoms with Crippen molar-refractivity contribution in [3.63, 3.8) is 0 Å². The Labute approximate surface area is 231 Å². The molecular formula is C27H21Cl2F3N6O. The second-order valence-corrected chi connectivity index (χ2v) is 10.00. The molecule has 2 aromatic carbocycles. The lowest BCUT2D eigenvalue weighted by Crippen LogP contribution is -2.15. The summed E-state index contributed by atoms with van der Waals surface area (Å²) in [6, 6.07) is 14.4. The van der Waals surface area contributed by atoms with Crippen LogP contribution in [-0.2, 0) is 12.7 Å². The lowest BCUT2D eigenvalue weighted by Gasteiger charge is -2.11. The second-order valence-electron chi connectivity index (χ2n) is 9.18. The minimum absolute atomic E-state index is 0.109. The number of hydrogen-bond donors (Lipinski definition) is 1. The minimum atomic E-state index is -4.73. The molecule has 200 valence electrons. The lowest BCUT2D eigenvalue weighted by atomic mass is 10.0. The molecule has 0 saturated carbocycles. The Morgan fingerprint density at radius 2 is 1.74 bits per heavy atom. The number of halogens is 5. The molecule has 0 bridgehead atoms. The molecule has 0 aliphatic rings. The Morgan fingerprint density at radius 3 is 2.38 bits per heavy atom. The topological polar surface area (TPSA) is 77.1 Å². The predicted octanol–water partition coefficient (Wildman–Crippen LogP) is 7.34. The van der Waals surface area contributed by atoms with E-state index in [1.807, 2.05) is 26.0 Å². The van der Waals surface area contributed by atoms with E-state index in [4.69, 9.17) is 23.2 Å². The van der Waals surface area contributed by atoms with E-state index in [-0.39, 0.29) is 29.5 Å². The third-order valence-electron chi connectivity index (χ3n) is 6.10. The highest BCUT2D eigenvalue weighted by molar-refractivity contribution is 6.36. The zero-order valence-electron chi connectivity index (χ0n) is 20.7. The third-order valence-corrected chi connectivity index (χ3v) is 6.80. The maximum Gasteiger partial charge on any atom is 0.433 e. The van der Waals surface area contributed by atoms with Crippen LogP contribution in [0.1, 0.15) is 47.1 Å². The number of aromatic nitrogens is 5. The van der Waals surface area contributed by atoms with Gasteiger partial charge in [0.15, 0.2) is 17.0 Å². The van der Waals surface area contributed by atoms with Gasteiger partial charge in [-0.1, -0.05) is 67.4 Å². The summed E-state index contributed by atoms with van der Waals surface area (Å²) in [6.45, 7) is 4.31. The van der Waals surface area contributed by atoms with Crippen molar-refractivity contribution in [3.05, 3.63) is 99.6 Å². The zero-order valence-corrected chi connectivity index (χ0v) is 22.2. The molecule has 7 nitrogen and oxygen atoms in total. The van der Waals surface area contributed by atoms with Crippen LogP contribution in [0.3, 0.4) is 0 Å². The van der Waals surface area contributed by atoms with Gasteiger partial charge in [-0.2, -0.15) is 23.4 Å². The molecule has 0 aliphatic carbocycles. The van der Waals surface area contributed by atoms with Crippen LogP contribution < -0.4 is 5.32 Å². The first-order chi connectivity index (χ1) is 18.5. The molecule has 0 fully saturated rings. The smallest absolute Gasteiger partial charge is 0.318 e. The summed E-state index contributed by atoms with van der Waals surface area (Å²) in [4.78, 5) is 17.3. The van der Waals surface area contributed by atoms with Crippen molar-refractivity contribution in [1.29, 1.82) is 0 Å². The molecular weight excluding hydrogens is 552 g/mol. The zero-order chi connectivity index (χ0) is 27.9. The predicted molar refractivity (Wildman–Crippen MR) is 143 cm³/mol. The Morgan fingerprint density at radius 1 is 1.05 bits per heavy atom. The molecule has 12 heteroatoms. The van der Waals surface area contributed by atoms with Crippen molar-refractivity contribution in [3.8, 4) is 11.3 Å². The van der Waals surface area contributed by atoms with Gasteiger partial charge < -0.3 is 5.32 Å². The number of fused-ring (bicyclic) bond motifs is 1. The number of nitrogens with zero attached hydrogens (tertiary/aromatic N) is 5. The summed E-state index contributed by atoms with van der Waals surface area (Å²) in [5, 5.41) is 11.6. The molecule has 5 aromatic rings. The Balaban J connectivity index is 1.42. The van der Waals surface area contributed by atoms with E-state index in [0.717, 1.165) is 11.6 Å². The molecule has 0 radical (unpaired) electrons. The number of hydrogen-bond acceptors (Lipinski definition) is 4. The fraction of sp³-hybridized carbons (Fsp3) is 0.185. The number of nitrogens with one attached hydrogen (secondary N) is 1. The number of carbonyl (C=O) groups excluding carboxylic acids is 1. The molecule has 0 unspecified atom stereocenters. The average Bonchev–Trinajstić information content (AvgIpc) is 3.52. The van der Waals surface area contributed by atoms with Crippen molar-refractivity contribution in [2.75, 3.05) is 5.32 Å². The summed E-state index contributed by atoms with van der Waals surface area (Å²) in [7, 11) is 0. The molecule has 0 aliphatic heterocycles. The van der Waals surface area contributed by atoms with Crippen LogP contribution in [0.5, 0.6) is 0 Å². The van der Waals surface area contributed by atoms with Gasteiger partial charge in [0.1, 0.15) is 0 Å². The Hall–Kier alpha value is -3.89. The highest BCUT2D eigenvalue weighted by atomic mass is 35.5. The van der Waals surface area contributed by atoms with Gasteiger partial charge in [-0.05, 0) is 29.7 Å². The quantitative estimate of drug-likeness (QED) is 0.231. The van der Waals surface area contributed by atoms with Crippen LogP contribution in [0.4, 0.5) is 18.9 Å². The maximum absolute atomic E-state index is 14.0. The Bertz CT molecular complexity index is 1660. The van der Waals surface area contributed by atoms with E-state index < -0.39 is 17.8 Å². The molecule has 3 aromatic heterocycles. The number of anilines is 1. The number of carbonyl (C=O) groups is 1. The summed E-state index contributed by atoms with van der Waals surface area (Å²) < 4.78 is 44.0. The van der Waals surface area contributed by atoms with Gasteiger partial charge in [0, 0.05) is 33.4 Å². The van der Waals surface area contributed by atoms with Gasteiger partial charge in [-0.3, -0.25) is 9.48 Å². The van der Waals surface area contributed by atoms with Gasteiger partial charge in [-0.15, -0.1) is 0 Å². The van der Waals surface area contributed by atoms with Gasteiger partial charge in [0.2, 0.25) is 0 Å².